The molecule has 0 atom stereocenters. The van der Waals surface area contributed by atoms with E-state index in [0.29, 0.717) is 11.4 Å². The zero-order valence-corrected chi connectivity index (χ0v) is 44.7. The fourth-order valence-corrected chi connectivity index (χ4v) is 10.1. The second-order valence-electron chi connectivity index (χ2n) is 22.0. The molecule has 0 fully saturated rings. The maximum atomic E-state index is 12.7. The molecule has 0 radical (unpaired) electrons. The molecule has 0 aliphatic carbocycles. The summed E-state index contributed by atoms with van der Waals surface area (Å²) in [6, 6.07) is 68.6. The summed E-state index contributed by atoms with van der Waals surface area (Å²) in [5, 5.41) is 15.2. The molecule has 0 aliphatic rings. The summed E-state index contributed by atoms with van der Waals surface area (Å²) in [5.41, 5.74) is 17.1. The van der Waals surface area contributed by atoms with E-state index < -0.39 is 0 Å². The Balaban J connectivity index is 0.00000596. The summed E-state index contributed by atoms with van der Waals surface area (Å²) in [5.74, 6) is 0.896. The molecule has 3 aromatic heterocycles. The van der Waals surface area contributed by atoms with Crippen LogP contribution in [-0.2, 0) is 37.3 Å². The van der Waals surface area contributed by atoms with Crippen molar-refractivity contribution in [3.8, 4) is 73.2 Å². The summed E-state index contributed by atoms with van der Waals surface area (Å²) in [7, 11) is 0. The molecule has 0 saturated heterocycles. The van der Waals surface area contributed by atoms with Crippen LogP contribution in [0.1, 0.15) is 79.0 Å². The molecule has 0 amide bonds. The molecule has 3 heterocycles. The van der Waals surface area contributed by atoms with Crippen LogP contribution in [0.2, 0.25) is 0 Å². The third-order valence-electron chi connectivity index (χ3n) is 14.0. The molecule has 0 aliphatic heterocycles. The Labute approximate surface area is 438 Å². The molecule has 0 saturated carbocycles. The molecule has 8 aromatic carbocycles. The number of nitrogens with zero attached hydrogens (tertiary/aromatic N) is 4. The molecule has 360 valence electrons. The number of imidazole rings is 1. The van der Waals surface area contributed by atoms with Crippen molar-refractivity contribution in [1.29, 1.82) is 0 Å². The molecule has 0 spiro atoms. The van der Waals surface area contributed by atoms with E-state index in [-0.39, 0.29) is 43.1 Å². The van der Waals surface area contributed by atoms with Crippen LogP contribution in [0.15, 0.2) is 188 Å². The Bertz CT molecular complexity index is 3770. The van der Waals surface area contributed by atoms with Crippen LogP contribution in [0.25, 0.3) is 100 Å². The van der Waals surface area contributed by atoms with Crippen LogP contribution in [0.4, 0.5) is 0 Å². The number of hydrogen-bond donors (Lipinski definition) is 1. The quantitative estimate of drug-likeness (QED) is 0.162. The minimum atomic E-state index is -0.355. The molecule has 72 heavy (non-hydrogen) atoms. The first-order chi connectivity index (χ1) is 34.0. The van der Waals surface area contributed by atoms with Crippen LogP contribution in [0, 0.1) is 6.07 Å². The van der Waals surface area contributed by atoms with Gasteiger partial charge in [-0.25, -0.2) is 4.98 Å². The van der Waals surface area contributed by atoms with Gasteiger partial charge in [0, 0.05) is 60.5 Å². The van der Waals surface area contributed by atoms with E-state index in [1.54, 1.807) is 0 Å². The zero-order chi connectivity index (χ0) is 49.4. The normalized spacial score (nSPS) is 12.2. The number of pyridine rings is 1. The van der Waals surface area contributed by atoms with E-state index in [2.05, 4.69) is 253 Å². The molecule has 11 aromatic rings. The van der Waals surface area contributed by atoms with Gasteiger partial charge in [0.25, 0.3) is 0 Å². The fraction of sp³-hybridized carbons (Fsp3) is 0.182. The van der Waals surface area contributed by atoms with E-state index in [1.165, 1.54) is 16.3 Å². The average molecular weight is 1120 g/mol. The minimum absolute atomic E-state index is 0. The van der Waals surface area contributed by atoms with Crippen LogP contribution >= 0.6 is 0 Å². The summed E-state index contributed by atoms with van der Waals surface area (Å²) < 4.78 is 4.66. The van der Waals surface area contributed by atoms with Gasteiger partial charge in [-0.05, 0) is 87.0 Å². The number of benzene rings is 8. The number of hydrogen-bond acceptors (Lipinski definition) is 3. The van der Waals surface area contributed by atoms with Crippen molar-refractivity contribution in [2.24, 2.45) is 0 Å². The van der Waals surface area contributed by atoms with Gasteiger partial charge in [0.1, 0.15) is 11.6 Å². The average Bonchev–Trinajstić information content (AvgIpc) is 3.92. The Hall–Kier alpha value is -7.33. The molecule has 1 N–H and O–H groups in total. The summed E-state index contributed by atoms with van der Waals surface area (Å²) in [4.78, 5) is 10.7. The van der Waals surface area contributed by atoms with Gasteiger partial charge in [-0.1, -0.05) is 195 Å². The second-order valence-corrected chi connectivity index (χ2v) is 22.0. The van der Waals surface area contributed by atoms with Gasteiger partial charge < -0.3 is 9.67 Å². The van der Waals surface area contributed by atoms with Gasteiger partial charge in [-0.2, -0.15) is 0 Å². The van der Waals surface area contributed by atoms with E-state index in [4.69, 9.17) is 9.97 Å². The summed E-state index contributed by atoms with van der Waals surface area (Å²) in [6.07, 6.45) is 1.89. The van der Waals surface area contributed by atoms with Crippen molar-refractivity contribution >= 4 is 32.8 Å². The SMILES string of the molecule is CC(C)(C)c1cc(-c2cc(-c3ccccc3)ccn2)[c-]c(-c2cccc3c2nc(-c2cc(C(C)(C)C)cc(C(C)(C)C)c2O)n3-c2ccc(-n3c4ccccc4c4ccccc43)cc2-c2ccccc2)c1.[Pt]. The summed E-state index contributed by atoms with van der Waals surface area (Å²) in [6.45, 7) is 20.0. The van der Waals surface area contributed by atoms with E-state index in [1.807, 2.05) is 12.3 Å². The zero-order valence-electron chi connectivity index (χ0n) is 42.5. The van der Waals surface area contributed by atoms with Crippen molar-refractivity contribution in [3.63, 3.8) is 0 Å². The summed E-state index contributed by atoms with van der Waals surface area (Å²) >= 11 is 0. The first kappa shape index (κ1) is 48.3. The number of phenols is 1. The largest absolute Gasteiger partial charge is 0.507 e. The fourth-order valence-electron chi connectivity index (χ4n) is 10.1. The monoisotopic (exact) mass is 1120 g/mol. The van der Waals surface area contributed by atoms with Gasteiger partial charge in [0.15, 0.2) is 0 Å². The third-order valence-corrected chi connectivity index (χ3v) is 14.0. The number of aromatic hydroxyl groups is 1. The molecule has 0 unspecified atom stereocenters. The third kappa shape index (κ3) is 8.68. The predicted octanol–water partition coefficient (Wildman–Crippen LogP) is 17.2. The van der Waals surface area contributed by atoms with Crippen molar-refractivity contribution < 1.29 is 26.2 Å². The van der Waals surface area contributed by atoms with E-state index in [9.17, 15) is 5.11 Å². The number of aromatic nitrogens is 4. The first-order valence-electron chi connectivity index (χ1n) is 24.7. The van der Waals surface area contributed by atoms with Crippen molar-refractivity contribution in [2.45, 2.75) is 78.6 Å². The van der Waals surface area contributed by atoms with Gasteiger partial charge in [0.05, 0.1) is 33.3 Å². The van der Waals surface area contributed by atoms with Crippen molar-refractivity contribution in [2.75, 3.05) is 0 Å². The van der Waals surface area contributed by atoms with Crippen molar-refractivity contribution in [1.82, 2.24) is 19.1 Å². The number of phenolic OH excluding ortho intramolecular Hbond substituents is 1. The standard InChI is InChI=1S/C66H59N4O.Pt/c1-64(2,3)47-36-45(35-46(37-47)56-38-44(33-34-67-56)42-21-12-10-13-22-42)50-27-20-30-60-61(50)68-63(54-39-48(65(4,5)6)40-55(62(54)71)66(7,8)9)70(60)59-32-31-49(41-53(59)43-23-14-11-15-24-43)69-57-28-18-16-25-51(57)52-26-17-19-29-58(52)69;/h10-34,36-41,71H,1-9H3;/q-1;. The number of rotatable bonds is 7. The van der Waals surface area contributed by atoms with E-state index >= 15 is 0 Å². The molecule has 6 heteroatoms. The Morgan fingerprint density at radius 3 is 1.68 bits per heavy atom. The van der Waals surface area contributed by atoms with Crippen LogP contribution in [0.3, 0.4) is 0 Å². The molecular formula is C66H59N4OPt-. The maximum absolute atomic E-state index is 12.7. The number of fused-ring (bicyclic) bond motifs is 4. The van der Waals surface area contributed by atoms with Crippen LogP contribution in [0.5, 0.6) is 5.75 Å². The number of para-hydroxylation sites is 3. The molecule has 11 rings (SSSR count). The van der Waals surface area contributed by atoms with Gasteiger partial charge in [-0.15, -0.1) is 29.3 Å². The second kappa shape index (κ2) is 18.4. The van der Waals surface area contributed by atoms with Crippen LogP contribution in [-0.4, -0.2) is 24.2 Å². The Kier molecular flexibility index (Phi) is 12.3. The minimum Gasteiger partial charge on any atom is -0.507 e. The van der Waals surface area contributed by atoms with Crippen molar-refractivity contribution in [3.05, 3.63) is 211 Å². The van der Waals surface area contributed by atoms with Gasteiger partial charge in [-0.3, -0.25) is 9.55 Å². The predicted molar refractivity (Wildman–Crippen MR) is 297 cm³/mol. The topological polar surface area (TPSA) is 55.9 Å². The van der Waals surface area contributed by atoms with E-state index in [0.717, 1.165) is 89.2 Å². The first-order valence-corrected chi connectivity index (χ1v) is 24.7. The maximum Gasteiger partial charge on any atom is 0.148 e. The molecule has 5 nitrogen and oxygen atoms in total. The Morgan fingerprint density at radius 1 is 0.458 bits per heavy atom. The van der Waals surface area contributed by atoms with Gasteiger partial charge >= 0.3 is 0 Å². The molecule has 0 bridgehead atoms. The van der Waals surface area contributed by atoms with Gasteiger partial charge in [0.2, 0.25) is 0 Å². The smallest absolute Gasteiger partial charge is 0.148 e. The Morgan fingerprint density at radius 2 is 1.04 bits per heavy atom. The molecular weight excluding hydrogens is 1060 g/mol. The van der Waals surface area contributed by atoms with Crippen LogP contribution < -0.4 is 0 Å².